The quantitative estimate of drug-likeness (QED) is 0.826. The Balaban J connectivity index is 2.89. The van der Waals surface area contributed by atoms with Crippen LogP contribution in [0.2, 0.25) is 0 Å². The molecule has 4 heteroatoms. The highest BCUT2D eigenvalue weighted by Gasteiger charge is 2.12. The van der Waals surface area contributed by atoms with Gasteiger partial charge in [0.15, 0.2) is 9.84 Å². The zero-order valence-corrected chi connectivity index (χ0v) is 9.76. The molecular weight excluding hydrogens is 210 g/mol. The molecule has 1 rings (SSSR count). The molecule has 0 heterocycles. The van der Waals surface area contributed by atoms with Crippen LogP contribution in [-0.2, 0) is 16.3 Å². The highest BCUT2D eigenvalue weighted by atomic mass is 32.2. The fourth-order valence-corrected chi connectivity index (χ4v) is 2.52. The second-order valence-electron chi connectivity index (χ2n) is 3.50. The van der Waals surface area contributed by atoms with E-state index in [1.54, 1.807) is 12.1 Å². The molecule has 0 atom stereocenters. The summed E-state index contributed by atoms with van der Waals surface area (Å²) in [6.07, 6.45) is 2.05. The summed E-state index contributed by atoms with van der Waals surface area (Å²) in [5.74, 6) is 0.0140. The number of hydrogen-bond donors (Lipinski definition) is 1. The molecule has 84 valence electrons. The highest BCUT2D eigenvalue weighted by Crippen LogP contribution is 2.13. The first kappa shape index (κ1) is 12.2. The predicted molar refractivity (Wildman–Crippen MR) is 61.5 cm³/mol. The lowest BCUT2D eigenvalue weighted by atomic mass is 10.1. The molecule has 2 N–H and O–H groups in total. The Bertz CT molecular complexity index is 395. The van der Waals surface area contributed by atoms with Gasteiger partial charge in [-0.25, -0.2) is 8.42 Å². The number of hydrogen-bond acceptors (Lipinski definition) is 3. The number of benzene rings is 1. The first-order valence-electron chi connectivity index (χ1n) is 5.12. The lowest BCUT2D eigenvalue weighted by Gasteiger charge is -2.04. The Morgan fingerprint density at radius 1 is 1.20 bits per heavy atom. The van der Waals surface area contributed by atoms with E-state index in [-0.39, 0.29) is 12.3 Å². The van der Waals surface area contributed by atoms with Gasteiger partial charge in [-0.3, -0.25) is 0 Å². The van der Waals surface area contributed by atoms with Crippen molar-refractivity contribution in [3.63, 3.8) is 0 Å². The molecule has 0 unspecified atom stereocenters. The molecular formula is C11H17NO2S. The van der Waals surface area contributed by atoms with E-state index in [0.717, 1.165) is 12.8 Å². The molecule has 0 spiro atoms. The van der Waals surface area contributed by atoms with Gasteiger partial charge in [0.25, 0.3) is 0 Å². The summed E-state index contributed by atoms with van der Waals surface area (Å²) in [7, 11) is -3.17. The van der Waals surface area contributed by atoms with Gasteiger partial charge in [-0.2, -0.15) is 0 Å². The maximum atomic E-state index is 11.6. The zero-order valence-electron chi connectivity index (χ0n) is 8.94. The van der Waals surface area contributed by atoms with Crippen LogP contribution >= 0.6 is 0 Å². The van der Waals surface area contributed by atoms with Gasteiger partial charge in [-0.15, -0.1) is 0 Å². The fraction of sp³-hybridized carbons (Fsp3) is 0.455. The van der Waals surface area contributed by atoms with Gasteiger partial charge in [-0.05, 0) is 24.1 Å². The number of aryl methyl sites for hydroxylation is 1. The Hall–Kier alpha value is -0.870. The molecule has 0 aliphatic rings. The maximum Gasteiger partial charge on any atom is 0.179 e. The van der Waals surface area contributed by atoms with Crippen molar-refractivity contribution in [1.82, 2.24) is 0 Å². The molecule has 0 radical (unpaired) electrons. The van der Waals surface area contributed by atoms with E-state index in [1.807, 2.05) is 12.1 Å². The third-order valence-electron chi connectivity index (χ3n) is 2.21. The van der Waals surface area contributed by atoms with E-state index in [0.29, 0.717) is 4.90 Å². The minimum atomic E-state index is -3.17. The number of rotatable bonds is 5. The lowest BCUT2D eigenvalue weighted by Crippen LogP contribution is -2.15. The molecule has 0 aliphatic heterocycles. The maximum absolute atomic E-state index is 11.6. The molecule has 0 saturated heterocycles. The molecule has 3 nitrogen and oxygen atoms in total. The molecule has 0 fully saturated rings. The van der Waals surface area contributed by atoms with Crippen molar-refractivity contribution in [2.45, 2.75) is 24.7 Å². The average molecular weight is 227 g/mol. The number of sulfone groups is 1. The molecule has 1 aromatic rings. The summed E-state index contributed by atoms with van der Waals surface area (Å²) in [4.78, 5) is 0.368. The van der Waals surface area contributed by atoms with Crippen LogP contribution in [0.3, 0.4) is 0 Å². The summed E-state index contributed by atoms with van der Waals surface area (Å²) in [6.45, 7) is 2.26. The third kappa shape index (κ3) is 3.32. The van der Waals surface area contributed by atoms with Gasteiger partial charge in [0, 0.05) is 6.54 Å². The monoisotopic (exact) mass is 227 g/mol. The zero-order chi connectivity index (χ0) is 11.3. The van der Waals surface area contributed by atoms with Crippen molar-refractivity contribution in [2.75, 3.05) is 12.3 Å². The van der Waals surface area contributed by atoms with Crippen LogP contribution < -0.4 is 5.73 Å². The van der Waals surface area contributed by atoms with Gasteiger partial charge >= 0.3 is 0 Å². The Kier molecular flexibility index (Phi) is 4.29. The van der Waals surface area contributed by atoms with Gasteiger partial charge < -0.3 is 5.73 Å². The van der Waals surface area contributed by atoms with Gasteiger partial charge in [-0.1, -0.05) is 25.5 Å². The second-order valence-corrected chi connectivity index (χ2v) is 5.61. The fourth-order valence-electron chi connectivity index (χ4n) is 1.43. The van der Waals surface area contributed by atoms with E-state index in [9.17, 15) is 8.42 Å². The van der Waals surface area contributed by atoms with Crippen molar-refractivity contribution < 1.29 is 8.42 Å². The van der Waals surface area contributed by atoms with E-state index in [4.69, 9.17) is 5.73 Å². The van der Waals surface area contributed by atoms with E-state index >= 15 is 0 Å². The molecule has 0 aromatic heterocycles. The summed E-state index contributed by atoms with van der Waals surface area (Å²) in [6, 6.07) is 7.06. The van der Waals surface area contributed by atoms with Crippen LogP contribution in [0.25, 0.3) is 0 Å². The molecule has 0 bridgehead atoms. The van der Waals surface area contributed by atoms with Crippen molar-refractivity contribution >= 4 is 9.84 Å². The minimum absolute atomic E-state index is 0.0140. The summed E-state index contributed by atoms with van der Waals surface area (Å²) in [5, 5.41) is 0. The van der Waals surface area contributed by atoms with Crippen molar-refractivity contribution in [1.29, 1.82) is 0 Å². The normalized spacial score (nSPS) is 11.6. The Morgan fingerprint density at radius 2 is 1.80 bits per heavy atom. The van der Waals surface area contributed by atoms with Crippen LogP contribution in [0.4, 0.5) is 0 Å². The molecule has 1 aromatic carbocycles. The number of nitrogens with two attached hydrogens (primary N) is 1. The smallest absolute Gasteiger partial charge is 0.179 e. The topological polar surface area (TPSA) is 60.2 Å². The van der Waals surface area contributed by atoms with Crippen LogP contribution in [0, 0.1) is 0 Å². The van der Waals surface area contributed by atoms with E-state index in [2.05, 4.69) is 6.92 Å². The van der Waals surface area contributed by atoms with Gasteiger partial charge in [0.2, 0.25) is 0 Å². The Morgan fingerprint density at radius 3 is 2.27 bits per heavy atom. The average Bonchev–Trinajstić information content (AvgIpc) is 2.19. The lowest BCUT2D eigenvalue weighted by molar-refractivity contribution is 0.596. The van der Waals surface area contributed by atoms with Crippen molar-refractivity contribution in [3.8, 4) is 0 Å². The first-order chi connectivity index (χ1) is 7.10. The summed E-state index contributed by atoms with van der Waals surface area (Å²) < 4.78 is 23.2. The summed E-state index contributed by atoms with van der Waals surface area (Å²) in [5.41, 5.74) is 6.42. The van der Waals surface area contributed by atoms with Crippen LogP contribution in [0.15, 0.2) is 29.2 Å². The van der Waals surface area contributed by atoms with Gasteiger partial charge in [0.05, 0.1) is 10.6 Å². The third-order valence-corrected chi connectivity index (χ3v) is 3.97. The highest BCUT2D eigenvalue weighted by molar-refractivity contribution is 7.91. The minimum Gasteiger partial charge on any atom is -0.329 e. The SMILES string of the molecule is CCCc1ccc(S(=O)(=O)CCN)cc1. The van der Waals surface area contributed by atoms with Crippen molar-refractivity contribution in [3.05, 3.63) is 29.8 Å². The van der Waals surface area contributed by atoms with E-state index in [1.165, 1.54) is 5.56 Å². The van der Waals surface area contributed by atoms with Crippen LogP contribution in [0.1, 0.15) is 18.9 Å². The molecule has 0 saturated carbocycles. The first-order valence-corrected chi connectivity index (χ1v) is 6.77. The van der Waals surface area contributed by atoms with Crippen LogP contribution in [-0.4, -0.2) is 20.7 Å². The standard InChI is InChI=1S/C11H17NO2S/c1-2-3-10-4-6-11(7-5-10)15(13,14)9-8-12/h4-7H,2-3,8-9,12H2,1H3. The van der Waals surface area contributed by atoms with Gasteiger partial charge in [0.1, 0.15) is 0 Å². The molecule has 0 aliphatic carbocycles. The van der Waals surface area contributed by atoms with Crippen molar-refractivity contribution in [2.24, 2.45) is 5.73 Å². The largest absolute Gasteiger partial charge is 0.329 e. The summed E-state index contributed by atoms with van der Waals surface area (Å²) >= 11 is 0. The van der Waals surface area contributed by atoms with E-state index < -0.39 is 9.84 Å². The predicted octanol–water partition coefficient (Wildman–Crippen LogP) is 1.37. The molecule has 15 heavy (non-hydrogen) atoms. The molecule has 0 amide bonds. The second kappa shape index (κ2) is 5.28. The Labute approximate surface area is 91.2 Å². The van der Waals surface area contributed by atoms with Crippen LogP contribution in [0.5, 0.6) is 0 Å².